The number of hydrogen-bond acceptors (Lipinski definition) is 4. The first-order valence-electron chi connectivity index (χ1n) is 7.41. The minimum Gasteiger partial charge on any atom is -0.497 e. The maximum Gasteiger partial charge on any atom is 0.119 e. The Morgan fingerprint density at radius 2 is 2.05 bits per heavy atom. The summed E-state index contributed by atoms with van der Waals surface area (Å²) in [5.74, 6) is 0.847. The van der Waals surface area contributed by atoms with Crippen molar-refractivity contribution in [3.63, 3.8) is 0 Å². The van der Waals surface area contributed by atoms with Gasteiger partial charge in [-0.25, -0.2) is 0 Å². The molecule has 0 atom stereocenters. The standard InChI is InChI=1S/C17H24N2O2/c1-12(2)21-9-5-8-18-17-10-13(3)19-16-7-6-14(20-4)11-15(16)17/h6-7,10-12H,5,8-9H2,1-4H3,(H,18,19). The van der Waals surface area contributed by atoms with Crippen LogP contribution in [-0.4, -0.2) is 31.3 Å². The van der Waals surface area contributed by atoms with Gasteiger partial charge in [0.05, 0.1) is 18.7 Å². The quantitative estimate of drug-likeness (QED) is 0.787. The fraction of sp³-hybridized carbons (Fsp3) is 0.471. The molecule has 1 aromatic carbocycles. The smallest absolute Gasteiger partial charge is 0.119 e. The predicted octanol–water partition coefficient (Wildman–Crippen LogP) is 3.78. The zero-order valence-electron chi connectivity index (χ0n) is 13.3. The summed E-state index contributed by atoms with van der Waals surface area (Å²) in [6, 6.07) is 8.03. The van der Waals surface area contributed by atoms with Gasteiger partial charge in [-0.05, 0) is 51.5 Å². The van der Waals surface area contributed by atoms with Crippen LogP contribution >= 0.6 is 0 Å². The molecule has 114 valence electrons. The van der Waals surface area contributed by atoms with Crippen molar-refractivity contribution in [1.29, 1.82) is 0 Å². The highest BCUT2D eigenvalue weighted by Crippen LogP contribution is 2.27. The van der Waals surface area contributed by atoms with E-state index in [1.165, 1.54) is 0 Å². The molecular formula is C17H24N2O2. The Labute approximate surface area is 126 Å². The third-order valence-electron chi connectivity index (χ3n) is 3.23. The Hall–Kier alpha value is -1.81. The Morgan fingerprint density at radius 1 is 1.24 bits per heavy atom. The molecule has 1 heterocycles. The molecule has 0 aliphatic carbocycles. The molecule has 0 aliphatic heterocycles. The first-order valence-corrected chi connectivity index (χ1v) is 7.41. The van der Waals surface area contributed by atoms with Gasteiger partial charge in [0.25, 0.3) is 0 Å². The molecule has 0 radical (unpaired) electrons. The predicted molar refractivity (Wildman–Crippen MR) is 87.2 cm³/mol. The average molecular weight is 288 g/mol. The van der Waals surface area contributed by atoms with Gasteiger partial charge in [-0.15, -0.1) is 0 Å². The summed E-state index contributed by atoms with van der Waals surface area (Å²) in [6.45, 7) is 7.77. The van der Waals surface area contributed by atoms with Gasteiger partial charge in [0.2, 0.25) is 0 Å². The Morgan fingerprint density at radius 3 is 2.76 bits per heavy atom. The zero-order chi connectivity index (χ0) is 15.2. The van der Waals surface area contributed by atoms with E-state index >= 15 is 0 Å². The van der Waals surface area contributed by atoms with E-state index in [-0.39, 0.29) is 0 Å². The number of nitrogens with one attached hydrogen (secondary N) is 1. The van der Waals surface area contributed by atoms with Crippen LogP contribution in [0.15, 0.2) is 24.3 Å². The molecule has 1 N–H and O–H groups in total. The number of benzene rings is 1. The van der Waals surface area contributed by atoms with Crippen molar-refractivity contribution in [2.75, 3.05) is 25.6 Å². The number of methoxy groups -OCH3 is 1. The lowest BCUT2D eigenvalue weighted by molar-refractivity contribution is 0.0787. The van der Waals surface area contributed by atoms with E-state index < -0.39 is 0 Å². The maximum atomic E-state index is 5.56. The number of fused-ring (bicyclic) bond motifs is 1. The highest BCUT2D eigenvalue weighted by atomic mass is 16.5. The summed E-state index contributed by atoms with van der Waals surface area (Å²) < 4.78 is 10.9. The lowest BCUT2D eigenvalue weighted by Crippen LogP contribution is -2.09. The van der Waals surface area contributed by atoms with Crippen molar-refractivity contribution in [1.82, 2.24) is 4.98 Å². The molecule has 0 bridgehead atoms. The molecule has 0 saturated carbocycles. The molecule has 4 heteroatoms. The number of pyridine rings is 1. The van der Waals surface area contributed by atoms with Crippen molar-refractivity contribution >= 4 is 16.6 Å². The highest BCUT2D eigenvalue weighted by Gasteiger charge is 2.05. The van der Waals surface area contributed by atoms with Crippen molar-refractivity contribution in [3.05, 3.63) is 30.0 Å². The third kappa shape index (κ3) is 4.33. The summed E-state index contributed by atoms with van der Waals surface area (Å²) in [5.41, 5.74) is 3.09. The fourth-order valence-electron chi connectivity index (χ4n) is 2.22. The Bertz CT molecular complexity index is 597. The van der Waals surface area contributed by atoms with E-state index in [4.69, 9.17) is 9.47 Å². The van der Waals surface area contributed by atoms with E-state index in [9.17, 15) is 0 Å². The largest absolute Gasteiger partial charge is 0.497 e. The molecule has 2 aromatic rings. The van der Waals surface area contributed by atoms with E-state index in [2.05, 4.69) is 30.2 Å². The summed E-state index contributed by atoms with van der Waals surface area (Å²) >= 11 is 0. The van der Waals surface area contributed by atoms with Crippen LogP contribution in [0.3, 0.4) is 0 Å². The van der Waals surface area contributed by atoms with E-state index in [0.717, 1.165) is 47.6 Å². The molecule has 1 aromatic heterocycles. The van der Waals surface area contributed by atoms with Gasteiger partial charge in [-0.2, -0.15) is 0 Å². The van der Waals surface area contributed by atoms with Crippen LogP contribution in [0, 0.1) is 6.92 Å². The monoisotopic (exact) mass is 288 g/mol. The van der Waals surface area contributed by atoms with Crippen LogP contribution < -0.4 is 10.1 Å². The van der Waals surface area contributed by atoms with Crippen LogP contribution in [0.25, 0.3) is 10.9 Å². The molecule has 2 rings (SSSR count). The fourth-order valence-corrected chi connectivity index (χ4v) is 2.22. The van der Waals surface area contributed by atoms with E-state index in [1.807, 2.05) is 25.1 Å². The second-order valence-corrected chi connectivity index (χ2v) is 5.39. The van der Waals surface area contributed by atoms with Crippen LogP contribution in [0.2, 0.25) is 0 Å². The van der Waals surface area contributed by atoms with Gasteiger partial charge in [0.1, 0.15) is 5.75 Å². The van der Waals surface area contributed by atoms with Gasteiger partial charge >= 0.3 is 0 Å². The molecule has 0 fully saturated rings. The minimum absolute atomic E-state index is 0.290. The second kappa shape index (κ2) is 7.27. The summed E-state index contributed by atoms with van der Waals surface area (Å²) in [6.07, 6.45) is 1.27. The molecule has 21 heavy (non-hydrogen) atoms. The van der Waals surface area contributed by atoms with Crippen LogP contribution in [-0.2, 0) is 4.74 Å². The summed E-state index contributed by atoms with van der Waals surface area (Å²) in [5, 5.41) is 4.57. The van der Waals surface area contributed by atoms with Gasteiger partial charge < -0.3 is 14.8 Å². The normalized spacial score (nSPS) is 11.1. The lowest BCUT2D eigenvalue weighted by atomic mass is 10.1. The SMILES string of the molecule is COc1ccc2nc(C)cc(NCCCOC(C)C)c2c1. The molecule has 0 aliphatic rings. The maximum absolute atomic E-state index is 5.56. The topological polar surface area (TPSA) is 43.4 Å². The first-order chi connectivity index (χ1) is 10.1. The molecule has 0 spiro atoms. The molecule has 0 saturated heterocycles. The van der Waals surface area contributed by atoms with E-state index in [0.29, 0.717) is 6.10 Å². The van der Waals surface area contributed by atoms with Crippen LogP contribution in [0.1, 0.15) is 26.0 Å². The van der Waals surface area contributed by atoms with Crippen LogP contribution in [0.5, 0.6) is 5.75 Å². The van der Waals surface area contributed by atoms with Crippen LogP contribution in [0.4, 0.5) is 5.69 Å². The average Bonchev–Trinajstić information content (AvgIpc) is 2.46. The van der Waals surface area contributed by atoms with E-state index in [1.54, 1.807) is 7.11 Å². The van der Waals surface area contributed by atoms with Crippen molar-refractivity contribution in [2.45, 2.75) is 33.3 Å². The number of nitrogens with zero attached hydrogens (tertiary/aromatic N) is 1. The number of rotatable bonds is 7. The summed E-state index contributed by atoms with van der Waals surface area (Å²) in [4.78, 5) is 4.56. The number of anilines is 1. The molecule has 4 nitrogen and oxygen atoms in total. The molecule has 0 amide bonds. The van der Waals surface area contributed by atoms with Crippen molar-refractivity contribution in [3.8, 4) is 5.75 Å². The lowest BCUT2D eigenvalue weighted by Gasteiger charge is -2.12. The molecule has 0 unspecified atom stereocenters. The highest BCUT2D eigenvalue weighted by molar-refractivity contribution is 5.92. The number of aryl methyl sites for hydroxylation is 1. The zero-order valence-corrected chi connectivity index (χ0v) is 13.3. The minimum atomic E-state index is 0.290. The number of hydrogen-bond donors (Lipinski definition) is 1. The Balaban J connectivity index is 2.10. The Kier molecular flexibility index (Phi) is 5.39. The summed E-state index contributed by atoms with van der Waals surface area (Å²) in [7, 11) is 1.68. The van der Waals surface area contributed by atoms with Gasteiger partial charge in [0, 0.05) is 29.9 Å². The third-order valence-corrected chi connectivity index (χ3v) is 3.23. The van der Waals surface area contributed by atoms with Gasteiger partial charge in [-0.1, -0.05) is 0 Å². The molecular weight excluding hydrogens is 264 g/mol. The second-order valence-electron chi connectivity index (χ2n) is 5.39. The van der Waals surface area contributed by atoms with Crippen molar-refractivity contribution < 1.29 is 9.47 Å². The number of ether oxygens (including phenoxy) is 2. The van der Waals surface area contributed by atoms with Gasteiger partial charge in [0.15, 0.2) is 0 Å². The first kappa shape index (κ1) is 15.6. The van der Waals surface area contributed by atoms with Crippen molar-refractivity contribution in [2.24, 2.45) is 0 Å². The van der Waals surface area contributed by atoms with Gasteiger partial charge in [-0.3, -0.25) is 4.98 Å². The number of aromatic nitrogens is 1.